The van der Waals surface area contributed by atoms with E-state index in [4.69, 9.17) is 4.42 Å². The largest absolute Gasteiger partial charge is 0.507 e. The SMILES string of the molecule is CC(C)=CCc1c(O)c(CC=C(C)C)c2oc(-c3ccc(F)cc3)cc(=O)c2c1O. The van der Waals surface area contributed by atoms with Gasteiger partial charge in [0.05, 0.1) is 0 Å². The van der Waals surface area contributed by atoms with Gasteiger partial charge in [0.25, 0.3) is 0 Å². The molecule has 30 heavy (non-hydrogen) atoms. The van der Waals surface area contributed by atoms with Gasteiger partial charge in [0.1, 0.15) is 34.0 Å². The van der Waals surface area contributed by atoms with Crippen LogP contribution in [0.1, 0.15) is 38.8 Å². The summed E-state index contributed by atoms with van der Waals surface area (Å²) in [6, 6.07) is 6.86. The fourth-order valence-electron chi connectivity index (χ4n) is 3.23. The quantitative estimate of drug-likeness (QED) is 0.506. The lowest BCUT2D eigenvalue weighted by atomic mass is 9.96. The first-order chi connectivity index (χ1) is 14.2. The fraction of sp³-hybridized carbons (Fsp3) is 0.240. The summed E-state index contributed by atoms with van der Waals surface area (Å²) in [7, 11) is 0. The van der Waals surface area contributed by atoms with E-state index in [2.05, 4.69) is 0 Å². The Hall–Kier alpha value is -3.34. The molecule has 0 amide bonds. The summed E-state index contributed by atoms with van der Waals surface area (Å²) in [5.74, 6) is -0.526. The lowest BCUT2D eigenvalue weighted by Crippen LogP contribution is -2.05. The number of hydrogen-bond acceptors (Lipinski definition) is 4. The molecule has 0 bridgehead atoms. The highest BCUT2D eigenvalue weighted by molar-refractivity contribution is 5.91. The van der Waals surface area contributed by atoms with E-state index in [1.54, 1.807) is 0 Å². The van der Waals surface area contributed by atoms with Crippen LogP contribution in [0.2, 0.25) is 0 Å². The van der Waals surface area contributed by atoms with Crippen LogP contribution in [-0.2, 0) is 12.8 Å². The molecular weight excluding hydrogens is 383 g/mol. The first-order valence-corrected chi connectivity index (χ1v) is 9.75. The summed E-state index contributed by atoms with van der Waals surface area (Å²) in [6.07, 6.45) is 4.42. The van der Waals surface area contributed by atoms with Crippen molar-refractivity contribution in [2.45, 2.75) is 40.5 Å². The van der Waals surface area contributed by atoms with Gasteiger partial charge >= 0.3 is 0 Å². The summed E-state index contributed by atoms with van der Waals surface area (Å²) in [5, 5.41) is 21.8. The third-order valence-electron chi connectivity index (χ3n) is 4.87. The van der Waals surface area contributed by atoms with Gasteiger partial charge in [0.2, 0.25) is 0 Å². The molecule has 4 nitrogen and oxygen atoms in total. The predicted molar refractivity (Wildman–Crippen MR) is 117 cm³/mol. The van der Waals surface area contributed by atoms with E-state index in [1.165, 1.54) is 30.3 Å². The van der Waals surface area contributed by atoms with Gasteiger partial charge < -0.3 is 14.6 Å². The Labute approximate surface area is 174 Å². The normalized spacial score (nSPS) is 10.8. The van der Waals surface area contributed by atoms with Gasteiger partial charge in [0.15, 0.2) is 5.43 Å². The van der Waals surface area contributed by atoms with Crippen molar-refractivity contribution in [2.75, 3.05) is 0 Å². The molecule has 0 aliphatic heterocycles. The molecule has 0 saturated heterocycles. The minimum absolute atomic E-state index is 0.0352. The van der Waals surface area contributed by atoms with Gasteiger partial charge in [-0.25, -0.2) is 4.39 Å². The van der Waals surface area contributed by atoms with Crippen molar-refractivity contribution < 1.29 is 19.0 Å². The molecule has 156 valence electrons. The Morgan fingerprint density at radius 1 is 0.933 bits per heavy atom. The molecule has 2 aromatic carbocycles. The van der Waals surface area contributed by atoms with Gasteiger partial charge in [-0.2, -0.15) is 0 Å². The Bertz CT molecular complexity index is 1210. The minimum atomic E-state index is -0.426. The molecule has 3 aromatic rings. The molecule has 2 N–H and O–H groups in total. The molecule has 0 fully saturated rings. The molecule has 0 saturated carbocycles. The third-order valence-corrected chi connectivity index (χ3v) is 4.87. The topological polar surface area (TPSA) is 70.7 Å². The highest BCUT2D eigenvalue weighted by atomic mass is 19.1. The number of fused-ring (bicyclic) bond motifs is 1. The van der Waals surface area contributed by atoms with Crippen molar-refractivity contribution in [2.24, 2.45) is 0 Å². The maximum Gasteiger partial charge on any atom is 0.197 e. The van der Waals surface area contributed by atoms with Gasteiger partial charge in [-0.15, -0.1) is 0 Å². The van der Waals surface area contributed by atoms with Gasteiger partial charge in [0, 0.05) is 22.8 Å². The minimum Gasteiger partial charge on any atom is -0.507 e. The van der Waals surface area contributed by atoms with Crippen molar-refractivity contribution in [1.29, 1.82) is 0 Å². The summed E-state index contributed by atoms with van der Waals surface area (Å²) < 4.78 is 19.3. The van der Waals surface area contributed by atoms with Crippen LogP contribution >= 0.6 is 0 Å². The van der Waals surface area contributed by atoms with Gasteiger partial charge in [-0.3, -0.25) is 4.79 Å². The summed E-state index contributed by atoms with van der Waals surface area (Å²) in [4.78, 5) is 12.9. The van der Waals surface area contributed by atoms with Crippen molar-refractivity contribution in [1.82, 2.24) is 0 Å². The van der Waals surface area contributed by atoms with Crippen LogP contribution in [0.25, 0.3) is 22.3 Å². The first-order valence-electron chi connectivity index (χ1n) is 9.75. The second kappa shape index (κ2) is 8.57. The first kappa shape index (κ1) is 21.4. The van der Waals surface area contributed by atoms with Crippen molar-refractivity contribution in [3.05, 3.63) is 80.8 Å². The standard InChI is InChI=1S/C25H25FO4/c1-14(2)5-11-18-23(28)19(12-6-15(3)4)25-22(24(18)29)20(27)13-21(30-25)16-7-9-17(26)10-8-16/h5-10,13,28-29H,11-12H2,1-4H3. The lowest BCUT2D eigenvalue weighted by Gasteiger charge is -2.15. The van der Waals surface area contributed by atoms with Crippen LogP contribution in [0, 0.1) is 5.82 Å². The molecule has 3 rings (SSSR count). The maximum absolute atomic E-state index is 13.3. The maximum atomic E-state index is 13.3. The van der Waals surface area contributed by atoms with Crippen molar-refractivity contribution in [3.63, 3.8) is 0 Å². The van der Waals surface area contributed by atoms with E-state index < -0.39 is 11.2 Å². The average Bonchev–Trinajstić information content (AvgIpc) is 2.67. The summed E-state index contributed by atoms with van der Waals surface area (Å²) >= 11 is 0. The van der Waals surface area contributed by atoms with Crippen LogP contribution in [-0.4, -0.2) is 10.2 Å². The predicted octanol–water partition coefficient (Wildman–Crippen LogP) is 6.03. The molecule has 0 spiro atoms. The Balaban J connectivity index is 2.35. The lowest BCUT2D eigenvalue weighted by molar-refractivity contribution is 0.438. The number of phenolic OH excluding ortho intramolecular Hbond substituents is 2. The second-order valence-electron chi connectivity index (χ2n) is 7.81. The van der Waals surface area contributed by atoms with Crippen LogP contribution in [0.15, 0.2) is 62.8 Å². The van der Waals surface area contributed by atoms with E-state index >= 15 is 0 Å². The van der Waals surface area contributed by atoms with Crippen LogP contribution < -0.4 is 5.43 Å². The average molecular weight is 408 g/mol. The summed E-state index contributed by atoms with van der Waals surface area (Å²) in [5.41, 5.74) is 3.03. The molecule has 0 aliphatic rings. The molecule has 0 aliphatic carbocycles. The highest BCUT2D eigenvalue weighted by Gasteiger charge is 2.22. The van der Waals surface area contributed by atoms with Crippen molar-refractivity contribution >= 4 is 11.0 Å². The molecule has 5 heteroatoms. The zero-order chi connectivity index (χ0) is 22.0. The van der Waals surface area contributed by atoms with Gasteiger partial charge in [-0.05, 0) is 64.8 Å². The molecule has 1 aromatic heterocycles. The fourth-order valence-corrected chi connectivity index (χ4v) is 3.23. The van der Waals surface area contributed by atoms with Crippen LogP contribution in [0.4, 0.5) is 4.39 Å². The smallest absolute Gasteiger partial charge is 0.197 e. The molecular formula is C25H25FO4. The van der Waals surface area contributed by atoms with E-state index in [0.29, 0.717) is 23.1 Å². The number of benzene rings is 2. The number of hydrogen-bond donors (Lipinski definition) is 2. The number of halogens is 1. The number of rotatable bonds is 5. The number of phenols is 2. The molecule has 0 atom stereocenters. The Morgan fingerprint density at radius 2 is 1.50 bits per heavy atom. The van der Waals surface area contributed by atoms with Gasteiger partial charge in [-0.1, -0.05) is 23.3 Å². The molecule has 1 heterocycles. The monoisotopic (exact) mass is 408 g/mol. The van der Waals surface area contributed by atoms with E-state index in [-0.39, 0.29) is 34.6 Å². The van der Waals surface area contributed by atoms with E-state index in [0.717, 1.165) is 11.1 Å². The van der Waals surface area contributed by atoms with E-state index in [1.807, 2.05) is 39.8 Å². The zero-order valence-electron chi connectivity index (χ0n) is 17.5. The molecule has 0 unspecified atom stereocenters. The van der Waals surface area contributed by atoms with Crippen LogP contribution in [0.5, 0.6) is 11.5 Å². The Kier molecular flexibility index (Phi) is 6.11. The van der Waals surface area contributed by atoms with Crippen LogP contribution in [0.3, 0.4) is 0 Å². The third kappa shape index (κ3) is 4.30. The van der Waals surface area contributed by atoms with E-state index in [9.17, 15) is 19.4 Å². The highest BCUT2D eigenvalue weighted by Crippen LogP contribution is 2.40. The Morgan fingerprint density at radius 3 is 2.07 bits per heavy atom. The summed E-state index contributed by atoms with van der Waals surface area (Å²) in [6.45, 7) is 7.71. The number of aromatic hydroxyl groups is 2. The second-order valence-corrected chi connectivity index (χ2v) is 7.81. The zero-order valence-corrected chi connectivity index (χ0v) is 17.5. The van der Waals surface area contributed by atoms with Crippen molar-refractivity contribution in [3.8, 4) is 22.8 Å². The number of allylic oxidation sites excluding steroid dienone is 4. The molecule has 0 radical (unpaired) electrons.